The molecule has 0 spiro atoms. The van der Waals surface area contributed by atoms with Crippen LogP contribution in [-0.2, 0) is 0 Å². The Morgan fingerprint density at radius 1 is 1.30 bits per heavy atom. The van der Waals surface area contributed by atoms with Gasteiger partial charge in [0, 0.05) is 11.8 Å². The van der Waals surface area contributed by atoms with Gasteiger partial charge in [0.1, 0.15) is 0 Å². The summed E-state index contributed by atoms with van der Waals surface area (Å²) < 4.78 is 0. The Morgan fingerprint density at radius 3 is 2.30 bits per heavy atom. The van der Waals surface area contributed by atoms with Crippen LogP contribution in [0.5, 0.6) is 0 Å². The fourth-order valence-corrected chi connectivity index (χ4v) is 2.35. The molecule has 0 aromatic carbocycles. The van der Waals surface area contributed by atoms with Crippen molar-refractivity contribution in [3.8, 4) is 0 Å². The van der Waals surface area contributed by atoms with Gasteiger partial charge in [0.2, 0.25) is 0 Å². The zero-order chi connectivity index (χ0) is 7.14. The zero-order valence-electron chi connectivity index (χ0n) is 6.40. The van der Waals surface area contributed by atoms with Crippen molar-refractivity contribution in [3.05, 3.63) is 19.2 Å². The summed E-state index contributed by atoms with van der Waals surface area (Å²) in [6.45, 7) is 6.59. The molecular weight excluding hydrogens is 122 g/mol. The number of nitrogens with one attached hydrogen (secondary N) is 1. The van der Waals surface area contributed by atoms with E-state index in [-0.39, 0.29) is 0 Å². The van der Waals surface area contributed by atoms with Crippen LogP contribution in [0.4, 0.5) is 0 Å². The van der Waals surface area contributed by atoms with Gasteiger partial charge < -0.3 is 4.90 Å². The Kier molecular flexibility index (Phi) is 1.34. The number of piperidine rings is 1. The van der Waals surface area contributed by atoms with Crippen molar-refractivity contribution in [2.45, 2.75) is 12.8 Å². The first-order valence-corrected chi connectivity index (χ1v) is 4.12. The summed E-state index contributed by atoms with van der Waals surface area (Å²) in [6, 6.07) is 0. The van der Waals surface area contributed by atoms with Crippen molar-refractivity contribution in [1.29, 1.82) is 0 Å². The highest BCUT2D eigenvalue weighted by atomic mass is 15.1. The lowest BCUT2D eigenvalue weighted by atomic mass is 9.94. The molecule has 0 aromatic heterocycles. The number of likely N-dealkylation sites (tertiary alicyclic amines) is 1. The van der Waals surface area contributed by atoms with Crippen molar-refractivity contribution >= 4 is 0 Å². The maximum absolute atomic E-state index is 4.13. The second kappa shape index (κ2) is 2.09. The maximum Gasteiger partial charge on any atom is 0.0596 e. The molecule has 1 heterocycles. The molecule has 1 N–H and O–H groups in total. The van der Waals surface area contributed by atoms with Crippen LogP contribution in [0.15, 0.2) is 12.2 Å². The molecule has 1 saturated heterocycles. The smallest absolute Gasteiger partial charge is 0.0596 e. The molecule has 2 aliphatic rings. The van der Waals surface area contributed by atoms with Gasteiger partial charge in [-0.05, 0) is 12.8 Å². The molecule has 0 amide bonds. The van der Waals surface area contributed by atoms with Crippen molar-refractivity contribution < 1.29 is 4.90 Å². The third-order valence-corrected chi connectivity index (χ3v) is 2.98. The van der Waals surface area contributed by atoms with Crippen LogP contribution in [0.1, 0.15) is 12.8 Å². The molecule has 2 fully saturated rings. The number of hydrogen-bond acceptors (Lipinski definition) is 0. The molecular formula is C9H15N. The molecule has 2 rings (SSSR count). The first-order valence-electron chi connectivity index (χ1n) is 4.12. The van der Waals surface area contributed by atoms with E-state index in [0.29, 0.717) is 0 Å². The molecule has 56 valence electrons. The summed E-state index contributed by atoms with van der Waals surface area (Å²) in [5.74, 6) is 1.62. The molecule has 1 nitrogen and oxygen atoms in total. The highest BCUT2D eigenvalue weighted by Crippen LogP contribution is 2.35. The van der Waals surface area contributed by atoms with Crippen molar-refractivity contribution in [2.75, 3.05) is 13.1 Å². The number of fused-ring (bicyclic) bond motifs is 2. The largest absolute Gasteiger partial charge is 0.467 e. The Balaban J connectivity index is 2.16. The van der Waals surface area contributed by atoms with Crippen LogP contribution in [0, 0.1) is 18.9 Å². The average Bonchev–Trinajstić information content (AvgIpc) is 2.20. The van der Waals surface area contributed by atoms with Crippen LogP contribution < -0.4 is 4.90 Å². The standard InChI is InChI=1S/C9H15N/c1-7-8-3-4-9(7)6-10(2)5-8/h8-10H,1-6H2. The van der Waals surface area contributed by atoms with Gasteiger partial charge in [0.05, 0.1) is 13.1 Å². The second-order valence-corrected chi connectivity index (χ2v) is 3.70. The number of hydrogen-bond donors (Lipinski definition) is 1. The first-order chi connectivity index (χ1) is 4.77. The van der Waals surface area contributed by atoms with Gasteiger partial charge in [-0.1, -0.05) is 12.2 Å². The van der Waals surface area contributed by atoms with Crippen molar-refractivity contribution in [3.63, 3.8) is 0 Å². The molecule has 1 aliphatic heterocycles. The van der Waals surface area contributed by atoms with E-state index in [1.54, 1.807) is 0 Å². The predicted molar refractivity (Wildman–Crippen MR) is 41.4 cm³/mol. The lowest BCUT2D eigenvalue weighted by molar-refractivity contribution is -0.862. The molecule has 2 bridgehead atoms. The summed E-state index contributed by atoms with van der Waals surface area (Å²) in [7, 11) is 4.05. The molecule has 0 radical (unpaired) electrons. The van der Waals surface area contributed by atoms with E-state index in [2.05, 4.69) is 13.6 Å². The summed E-state index contributed by atoms with van der Waals surface area (Å²) in [5, 5.41) is 0. The highest BCUT2D eigenvalue weighted by molar-refractivity contribution is 5.12. The molecule has 0 aromatic rings. The Hall–Kier alpha value is -0.300. The third kappa shape index (κ3) is 0.807. The quantitative estimate of drug-likeness (QED) is 0.361. The zero-order valence-corrected chi connectivity index (χ0v) is 6.40. The van der Waals surface area contributed by atoms with Gasteiger partial charge in [-0.2, -0.15) is 7.05 Å². The monoisotopic (exact) mass is 137 g/mol. The first kappa shape index (κ1) is 6.41. The maximum atomic E-state index is 4.13. The van der Waals surface area contributed by atoms with Crippen molar-refractivity contribution in [1.82, 2.24) is 0 Å². The molecule has 2 unspecified atom stereocenters. The molecule has 2 atom stereocenters. The van der Waals surface area contributed by atoms with Gasteiger partial charge in [-0.15, -0.1) is 0 Å². The Labute approximate surface area is 62.7 Å². The van der Waals surface area contributed by atoms with E-state index in [9.17, 15) is 0 Å². The fraction of sp³-hybridized carbons (Fsp3) is 0.667. The average molecular weight is 137 g/mol. The number of quaternary nitrogens is 1. The van der Waals surface area contributed by atoms with Crippen LogP contribution in [0.25, 0.3) is 0 Å². The van der Waals surface area contributed by atoms with Crippen LogP contribution in [-0.4, -0.2) is 13.1 Å². The molecule has 1 heteroatoms. The lowest BCUT2D eigenvalue weighted by Gasteiger charge is -2.32. The summed E-state index contributed by atoms with van der Waals surface area (Å²) in [4.78, 5) is 1.46. The van der Waals surface area contributed by atoms with Crippen LogP contribution in [0.3, 0.4) is 0 Å². The van der Waals surface area contributed by atoms with Gasteiger partial charge in [-0.3, -0.25) is 0 Å². The summed E-state index contributed by atoms with van der Waals surface area (Å²) in [5.41, 5.74) is 1.52. The van der Waals surface area contributed by atoms with Gasteiger partial charge in [0.25, 0.3) is 0 Å². The van der Waals surface area contributed by atoms with Crippen LogP contribution >= 0.6 is 0 Å². The third-order valence-electron chi connectivity index (χ3n) is 2.98. The minimum atomic E-state index is 0.811. The summed E-state index contributed by atoms with van der Waals surface area (Å²) in [6.07, 6.45) is 2.76. The molecule has 1 aliphatic carbocycles. The van der Waals surface area contributed by atoms with E-state index in [0.717, 1.165) is 11.8 Å². The Morgan fingerprint density at radius 2 is 1.80 bits per heavy atom. The van der Waals surface area contributed by atoms with E-state index < -0.39 is 0 Å². The van der Waals surface area contributed by atoms with E-state index in [4.69, 9.17) is 0 Å². The van der Waals surface area contributed by atoms with Crippen LogP contribution in [0.2, 0.25) is 0 Å². The highest BCUT2D eigenvalue weighted by Gasteiger charge is 2.35. The van der Waals surface area contributed by atoms with Gasteiger partial charge in [-0.25, -0.2) is 0 Å². The lowest BCUT2D eigenvalue weighted by Crippen LogP contribution is -3.09. The minimum Gasteiger partial charge on any atom is -0.467 e. The van der Waals surface area contributed by atoms with Gasteiger partial charge in [0.15, 0.2) is 0 Å². The predicted octanol–water partition coefficient (Wildman–Crippen LogP) is 0.259. The second-order valence-electron chi connectivity index (χ2n) is 3.70. The van der Waals surface area contributed by atoms with Crippen molar-refractivity contribution in [2.24, 2.45) is 11.8 Å². The number of rotatable bonds is 0. The normalized spacial score (nSPS) is 46.1. The SMILES string of the molecule is C=C1C2CCC1C[NH+]([CH2-])C2. The van der Waals surface area contributed by atoms with E-state index >= 15 is 0 Å². The minimum absolute atomic E-state index is 0.811. The van der Waals surface area contributed by atoms with Gasteiger partial charge >= 0.3 is 0 Å². The molecule has 10 heavy (non-hydrogen) atoms. The molecule has 1 saturated carbocycles. The van der Waals surface area contributed by atoms with E-state index in [1.807, 2.05) is 0 Å². The topological polar surface area (TPSA) is 4.44 Å². The summed E-state index contributed by atoms with van der Waals surface area (Å²) >= 11 is 0. The Bertz CT molecular complexity index is 146. The van der Waals surface area contributed by atoms with E-state index in [1.165, 1.54) is 36.4 Å². The fourth-order valence-electron chi connectivity index (χ4n) is 2.35.